The van der Waals surface area contributed by atoms with E-state index in [0.29, 0.717) is 26.1 Å². The van der Waals surface area contributed by atoms with E-state index < -0.39 is 0 Å². The van der Waals surface area contributed by atoms with Gasteiger partial charge >= 0.3 is 0 Å². The lowest BCUT2D eigenvalue weighted by molar-refractivity contribution is -0.130. The molecule has 19 heavy (non-hydrogen) atoms. The summed E-state index contributed by atoms with van der Waals surface area (Å²) in [5, 5.41) is 0. The van der Waals surface area contributed by atoms with Crippen LogP contribution in [0.2, 0.25) is 0 Å². The molecule has 0 spiro atoms. The Balaban J connectivity index is 2.54. The molecule has 1 aromatic rings. The van der Waals surface area contributed by atoms with E-state index in [4.69, 9.17) is 10.5 Å². The van der Waals surface area contributed by atoms with Crippen LogP contribution in [0.25, 0.3) is 0 Å². The second-order valence-electron chi connectivity index (χ2n) is 4.86. The van der Waals surface area contributed by atoms with E-state index in [-0.39, 0.29) is 5.91 Å². The number of rotatable bonds is 6. The highest BCUT2D eigenvalue weighted by molar-refractivity contribution is 5.75. The minimum Gasteiger partial charge on any atom is -0.491 e. The Hall–Kier alpha value is -1.55. The van der Waals surface area contributed by atoms with Crippen LogP contribution in [-0.2, 0) is 4.79 Å². The molecule has 4 nitrogen and oxygen atoms in total. The van der Waals surface area contributed by atoms with Crippen molar-refractivity contribution in [2.24, 2.45) is 5.73 Å². The summed E-state index contributed by atoms with van der Waals surface area (Å²) < 4.78 is 5.82. The van der Waals surface area contributed by atoms with Crippen molar-refractivity contribution >= 4 is 5.91 Å². The molecule has 0 atom stereocenters. The van der Waals surface area contributed by atoms with Gasteiger partial charge in [-0.1, -0.05) is 12.1 Å². The second kappa shape index (κ2) is 7.14. The zero-order valence-electron chi connectivity index (χ0n) is 12.3. The average Bonchev–Trinajstić information content (AvgIpc) is 2.38. The summed E-state index contributed by atoms with van der Waals surface area (Å²) in [5.41, 5.74) is 8.87. The lowest BCUT2D eigenvalue weighted by atomic mass is 10.1. The van der Waals surface area contributed by atoms with E-state index in [2.05, 4.69) is 26.0 Å². The minimum atomic E-state index is 0.0591. The van der Waals surface area contributed by atoms with Gasteiger partial charge in [0.1, 0.15) is 12.4 Å². The zero-order chi connectivity index (χ0) is 14.4. The molecule has 0 heterocycles. The lowest BCUT2D eigenvalue weighted by Gasteiger charge is -2.19. The van der Waals surface area contributed by atoms with Gasteiger partial charge in [-0.2, -0.15) is 0 Å². The molecule has 0 fully saturated rings. The summed E-state index contributed by atoms with van der Waals surface area (Å²) in [6.07, 6.45) is 0.388. The van der Waals surface area contributed by atoms with Gasteiger partial charge in [-0.15, -0.1) is 0 Å². The van der Waals surface area contributed by atoms with E-state index in [1.54, 1.807) is 11.9 Å². The maximum Gasteiger partial charge on any atom is 0.223 e. The molecule has 0 aromatic heterocycles. The number of carbonyl (C=O) groups excluding carboxylic acids is 1. The zero-order valence-corrected chi connectivity index (χ0v) is 12.3. The van der Waals surface area contributed by atoms with Gasteiger partial charge in [-0.3, -0.25) is 4.79 Å². The van der Waals surface area contributed by atoms with Gasteiger partial charge in [0.2, 0.25) is 5.91 Å². The Morgan fingerprint density at radius 2 is 1.89 bits per heavy atom. The van der Waals surface area contributed by atoms with Crippen molar-refractivity contribution in [1.82, 2.24) is 4.90 Å². The average molecular weight is 264 g/mol. The summed E-state index contributed by atoms with van der Waals surface area (Å²) in [6, 6.07) is 4.15. The summed E-state index contributed by atoms with van der Waals surface area (Å²) in [6.45, 7) is 7.62. The van der Waals surface area contributed by atoms with Gasteiger partial charge in [-0.05, 0) is 37.5 Å². The number of likely N-dealkylation sites (N-methyl/N-ethyl adjacent to an activating group) is 1. The molecular weight excluding hydrogens is 240 g/mol. The molecule has 0 saturated heterocycles. The van der Waals surface area contributed by atoms with E-state index in [9.17, 15) is 4.79 Å². The highest BCUT2D eigenvalue weighted by Crippen LogP contribution is 2.25. The Bertz CT molecular complexity index is 444. The van der Waals surface area contributed by atoms with Gasteiger partial charge in [-0.25, -0.2) is 0 Å². The number of hydrogen-bond acceptors (Lipinski definition) is 3. The van der Waals surface area contributed by atoms with Gasteiger partial charge in [0.15, 0.2) is 0 Å². The van der Waals surface area contributed by atoms with Crippen LogP contribution in [-0.4, -0.2) is 37.6 Å². The topological polar surface area (TPSA) is 55.6 Å². The largest absolute Gasteiger partial charge is 0.491 e. The van der Waals surface area contributed by atoms with Gasteiger partial charge < -0.3 is 15.4 Å². The summed E-state index contributed by atoms with van der Waals surface area (Å²) in [7, 11) is 1.78. The molecule has 0 unspecified atom stereocenters. The number of hydrogen-bond donors (Lipinski definition) is 1. The monoisotopic (exact) mass is 264 g/mol. The van der Waals surface area contributed by atoms with E-state index >= 15 is 0 Å². The summed E-state index contributed by atoms with van der Waals surface area (Å²) in [5.74, 6) is 0.989. The highest BCUT2D eigenvalue weighted by Gasteiger charge is 2.09. The molecule has 4 heteroatoms. The number of carbonyl (C=O) groups is 1. The van der Waals surface area contributed by atoms with Crippen molar-refractivity contribution in [3.63, 3.8) is 0 Å². The summed E-state index contributed by atoms with van der Waals surface area (Å²) in [4.78, 5) is 13.2. The Labute approximate surface area is 115 Å². The normalized spacial score (nSPS) is 10.4. The Kier molecular flexibility index (Phi) is 5.83. The number of nitrogens with two attached hydrogens (primary N) is 1. The molecular formula is C15H24N2O2. The first kappa shape index (κ1) is 15.5. The number of nitrogens with zero attached hydrogens (tertiary/aromatic N) is 1. The molecule has 0 aliphatic rings. The lowest BCUT2D eigenvalue weighted by Crippen LogP contribution is -2.32. The standard InChI is InChI=1S/C15H24N2O2/c1-11-5-6-12(2)15(13(11)3)19-10-9-17(4)14(18)7-8-16/h5-6H,7-10,16H2,1-4H3. The quantitative estimate of drug-likeness (QED) is 0.852. The number of benzene rings is 1. The first-order valence-electron chi connectivity index (χ1n) is 6.61. The van der Waals surface area contributed by atoms with Crippen LogP contribution < -0.4 is 10.5 Å². The fourth-order valence-electron chi connectivity index (χ4n) is 1.87. The van der Waals surface area contributed by atoms with Crippen LogP contribution in [0.4, 0.5) is 0 Å². The summed E-state index contributed by atoms with van der Waals surface area (Å²) >= 11 is 0. The van der Waals surface area contributed by atoms with Gasteiger partial charge in [0.05, 0.1) is 6.54 Å². The maximum absolute atomic E-state index is 11.6. The third kappa shape index (κ3) is 4.24. The van der Waals surface area contributed by atoms with Crippen LogP contribution in [0.1, 0.15) is 23.1 Å². The second-order valence-corrected chi connectivity index (χ2v) is 4.86. The van der Waals surface area contributed by atoms with E-state index in [0.717, 1.165) is 16.9 Å². The highest BCUT2D eigenvalue weighted by atomic mass is 16.5. The smallest absolute Gasteiger partial charge is 0.223 e. The molecule has 0 radical (unpaired) electrons. The molecule has 0 saturated carbocycles. The molecule has 0 aliphatic carbocycles. The fourth-order valence-corrected chi connectivity index (χ4v) is 1.87. The Morgan fingerprint density at radius 3 is 2.53 bits per heavy atom. The third-order valence-electron chi connectivity index (χ3n) is 3.33. The third-order valence-corrected chi connectivity index (χ3v) is 3.33. The van der Waals surface area contributed by atoms with Crippen LogP contribution in [0.5, 0.6) is 5.75 Å². The van der Waals surface area contributed by atoms with Crippen molar-refractivity contribution in [3.05, 3.63) is 28.8 Å². The molecule has 1 aromatic carbocycles. The van der Waals surface area contributed by atoms with Crippen molar-refractivity contribution in [2.45, 2.75) is 27.2 Å². The Morgan fingerprint density at radius 1 is 1.26 bits per heavy atom. The number of ether oxygens (including phenoxy) is 1. The van der Waals surface area contributed by atoms with Crippen molar-refractivity contribution in [1.29, 1.82) is 0 Å². The van der Waals surface area contributed by atoms with Crippen molar-refractivity contribution < 1.29 is 9.53 Å². The molecule has 0 bridgehead atoms. The van der Waals surface area contributed by atoms with Crippen LogP contribution in [0, 0.1) is 20.8 Å². The van der Waals surface area contributed by atoms with Crippen LogP contribution in [0.15, 0.2) is 12.1 Å². The van der Waals surface area contributed by atoms with Crippen LogP contribution >= 0.6 is 0 Å². The predicted molar refractivity (Wildman–Crippen MR) is 77.5 cm³/mol. The molecule has 0 aliphatic heterocycles. The SMILES string of the molecule is Cc1ccc(C)c(OCCN(C)C(=O)CCN)c1C. The molecule has 1 amide bonds. The number of aryl methyl sites for hydroxylation is 2. The fraction of sp³-hybridized carbons (Fsp3) is 0.533. The maximum atomic E-state index is 11.6. The van der Waals surface area contributed by atoms with Crippen LogP contribution in [0.3, 0.4) is 0 Å². The van der Waals surface area contributed by atoms with Crippen molar-refractivity contribution in [2.75, 3.05) is 26.7 Å². The molecule has 2 N–H and O–H groups in total. The predicted octanol–water partition coefficient (Wildman–Crippen LogP) is 1.80. The first-order valence-corrected chi connectivity index (χ1v) is 6.61. The van der Waals surface area contributed by atoms with E-state index in [1.807, 2.05) is 6.92 Å². The first-order chi connectivity index (χ1) is 8.97. The van der Waals surface area contributed by atoms with Crippen molar-refractivity contribution in [3.8, 4) is 5.75 Å². The molecule has 1 rings (SSSR count). The van der Waals surface area contributed by atoms with Gasteiger partial charge in [0, 0.05) is 20.0 Å². The molecule has 106 valence electrons. The van der Waals surface area contributed by atoms with E-state index in [1.165, 1.54) is 5.56 Å². The van der Waals surface area contributed by atoms with Gasteiger partial charge in [0.25, 0.3) is 0 Å². The minimum absolute atomic E-state index is 0.0591. The number of amides is 1.